The number of aryl methyl sites for hydroxylation is 1. The van der Waals surface area contributed by atoms with E-state index < -0.39 is 0 Å². The van der Waals surface area contributed by atoms with E-state index in [2.05, 4.69) is 37.3 Å². The first-order valence-corrected chi connectivity index (χ1v) is 6.63. The predicted molar refractivity (Wildman–Crippen MR) is 59.7 cm³/mol. The average molecular weight is 194 g/mol. The van der Waals surface area contributed by atoms with Crippen LogP contribution in [0.4, 0.5) is 0 Å². The normalized spacial score (nSPS) is 11.2. The Morgan fingerprint density at radius 1 is 1.23 bits per heavy atom. The highest BCUT2D eigenvalue weighted by atomic mass is 28.2. The second-order valence-electron chi connectivity index (χ2n) is 3.20. The van der Waals surface area contributed by atoms with E-state index in [4.69, 9.17) is 4.43 Å². The molecule has 0 radical (unpaired) electrons. The molecule has 0 fully saturated rings. The lowest BCUT2D eigenvalue weighted by Crippen LogP contribution is -2.00. The lowest BCUT2D eigenvalue weighted by atomic mass is 10.2. The molecule has 0 aliphatic heterocycles. The van der Waals surface area contributed by atoms with Gasteiger partial charge in [-0.15, -0.1) is 0 Å². The zero-order valence-electron chi connectivity index (χ0n) is 8.33. The summed E-state index contributed by atoms with van der Waals surface area (Å²) in [6, 6.07) is 11.9. The minimum atomic E-state index is -0.244. The van der Waals surface area contributed by atoms with Gasteiger partial charge < -0.3 is 4.43 Å². The summed E-state index contributed by atoms with van der Waals surface area (Å²) in [5.74, 6) is 0. The fraction of sp³-hybridized carbons (Fsp3) is 0.455. The molecule has 1 aromatic rings. The highest BCUT2D eigenvalue weighted by molar-refractivity contribution is 6.27. The van der Waals surface area contributed by atoms with Gasteiger partial charge in [0.25, 0.3) is 0 Å². The topological polar surface area (TPSA) is 9.23 Å². The number of benzene rings is 1. The van der Waals surface area contributed by atoms with Crippen molar-refractivity contribution in [2.45, 2.75) is 25.8 Å². The lowest BCUT2D eigenvalue weighted by Gasteiger charge is -2.01. The van der Waals surface area contributed by atoms with Gasteiger partial charge in [-0.05, 0) is 24.4 Å². The van der Waals surface area contributed by atoms with E-state index in [1.54, 1.807) is 0 Å². The highest BCUT2D eigenvalue weighted by Crippen LogP contribution is 2.02. The zero-order valence-corrected chi connectivity index (χ0v) is 9.74. The van der Waals surface area contributed by atoms with Crippen LogP contribution >= 0.6 is 0 Å². The van der Waals surface area contributed by atoms with Gasteiger partial charge in [0.05, 0.1) is 0 Å². The van der Waals surface area contributed by atoms with E-state index in [-0.39, 0.29) is 9.76 Å². The molecule has 0 heterocycles. The summed E-state index contributed by atoms with van der Waals surface area (Å²) in [4.78, 5) is 0. The molecule has 1 aromatic carbocycles. The van der Waals surface area contributed by atoms with Crippen LogP contribution < -0.4 is 0 Å². The second-order valence-corrected chi connectivity index (χ2v) is 4.73. The molecule has 0 atom stereocenters. The first-order chi connectivity index (χ1) is 6.43. The van der Waals surface area contributed by atoms with Crippen molar-refractivity contribution in [2.24, 2.45) is 0 Å². The molecule has 1 rings (SSSR count). The zero-order chi connectivity index (χ0) is 9.36. The molecule has 13 heavy (non-hydrogen) atoms. The molecule has 0 aliphatic rings. The minimum Gasteiger partial charge on any atom is -0.424 e. The first-order valence-electron chi connectivity index (χ1n) is 5.05. The Balaban J connectivity index is 2.07. The number of rotatable bonds is 6. The predicted octanol–water partition coefficient (Wildman–Crippen LogP) is 2.16. The van der Waals surface area contributed by atoms with E-state index in [0.717, 1.165) is 13.0 Å². The van der Waals surface area contributed by atoms with Crippen LogP contribution in [-0.4, -0.2) is 16.4 Å². The van der Waals surface area contributed by atoms with Crippen LogP contribution in [0, 0.1) is 0 Å². The van der Waals surface area contributed by atoms with Gasteiger partial charge in [-0.25, -0.2) is 0 Å². The molecule has 1 nitrogen and oxygen atoms in total. The van der Waals surface area contributed by atoms with Gasteiger partial charge in [0.2, 0.25) is 0 Å². The second kappa shape index (κ2) is 6.86. The summed E-state index contributed by atoms with van der Waals surface area (Å²) in [5, 5.41) is 0. The Morgan fingerprint density at radius 2 is 2.00 bits per heavy atom. The van der Waals surface area contributed by atoms with Crippen LogP contribution in [-0.2, 0) is 10.8 Å². The molecule has 0 amide bonds. The van der Waals surface area contributed by atoms with Crippen LogP contribution in [0.25, 0.3) is 0 Å². The van der Waals surface area contributed by atoms with Gasteiger partial charge in [0, 0.05) is 6.61 Å². The van der Waals surface area contributed by atoms with Gasteiger partial charge in [-0.3, -0.25) is 0 Å². The Morgan fingerprint density at radius 3 is 2.69 bits per heavy atom. The molecule has 0 saturated heterocycles. The smallest absolute Gasteiger partial charge is 0.161 e. The van der Waals surface area contributed by atoms with Crippen LogP contribution in [0.1, 0.15) is 18.9 Å². The fourth-order valence-corrected chi connectivity index (χ4v) is 2.52. The monoisotopic (exact) mass is 194 g/mol. The van der Waals surface area contributed by atoms with Crippen molar-refractivity contribution in [1.29, 1.82) is 0 Å². The maximum atomic E-state index is 5.54. The van der Waals surface area contributed by atoms with Crippen LogP contribution in [0.2, 0.25) is 6.04 Å². The SMILES string of the molecule is CCCO[SiH2]CCc1ccccc1. The quantitative estimate of drug-likeness (QED) is 0.498. The fourth-order valence-electron chi connectivity index (χ4n) is 1.27. The molecule has 72 valence electrons. The molecule has 0 aromatic heterocycles. The third kappa shape index (κ3) is 4.86. The maximum Gasteiger partial charge on any atom is 0.161 e. The van der Waals surface area contributed by atoms with Crippen molar-refractivity contribution in [3.05, 3.63) is 35.9 Å². The Bertz CT molecular complexity index is 211. The summed E-state index contributed by atoms with van der Waals surface area (Å²) < 4.78 is 5.54. The third-order valence-electron chi connectivity index (χ3n) is 1.95. The largest absolute Gasteiger partial charge is 0.424 e. The van der Waals surface area contributed by atoms with E-state index in [1.165, 1.54) is 18.0 Å². The standard InChI is InChI=1S/C11H18OSi/c1-2-9-12-13-10-8-11-6-4-3-5-7-11/h3-7H,2,8-10,13H2,1H3. The molecule has 0 spiro atoms. The summed E-state index contributed by atoms with van der Waals surface area (Å²) in [7, 11) is -0.244. The molecule has 0 aliphatic carbocycles. The highest BCUT2D eigenvalue weighted by Gasteiger charge is 1.92. The Labute approximate surface area is 83.1 Å². The maximum absolute atomic E-state index is 5.54. The molecule has 0 bridgehead atoms. The lowest BCUT2D eigenvalue weighted by molar-refractivity contribution is 0.335. The van der Waals surface area contributed by atoms with E-state index in [0.29, 0.717) is 0 Å². The van der Waals surface area contributed by atoms with Crippen molar-refractivity contribution in [2.75, 3.05) is 6.61 Å². The van der Waals surface area contributed by atoms with Crippen molar-refractivity contribution in [3.8, 4) is 0 Å². The van der Waals surface area contributed by atoms with Gasteiger partial charge >= 0.3 is 0 Å². The van der Waals surface area contributed by atoms with Crippen molar-refractivity contribution in [3.63, 3.8) is 0 Å². The Kier molecular flexibility index (Phi) is 5.53. The van der Waals surface area contributed by atoms with Crippen molar-refractivity contribution >= 4 is 9.76 Å². The molecular formula is C11H18OSi. The van der Waals surface area contributed by atoms with Crippen LogP contribution in [0.5, 0.6) is 0 Å². The number of hydrogen-bond donors (Lipinski definition) is 0. The Hall–Kier alpha value is -0.603. The molecule has 0 saturated carbocycles. The van der Waals surface area contributed by atoms with Crippen molar-refractivity contribution in [1.82, 2.24) is 0 Å². The summed E-state index contributed by atoms with van der Waals surface area (Å²) in [5.41, 5.74) is 1.44. The molecule has 0 N–H and O–H groups in total. The van der Waals surface area contributed by atoms with Gasteiger partial charge in [-0.2, -0.15) is 0 Å². The summed E-state index contributed by atoms with van der Waals surface area (Å²) in [6.45, 7) is 3.12. The third-order valence-corrected chi connectivity index (χ3v) is 3.16. The summed E-state index contributed by atoms with van der Waals surface area (Å²) in [6.07, 6.45) is 2.34. The number of hydrogen-bond acceptors (Lipinski definition) is 1. The first kappa shape index (κ1) is 10.5. The van der Waals surface area contributed by atoms with E-state index in [9.17, 15) is 0 Å². The van der Waals surface area contributed by atoms with Gasteiger partial charge in [-0.1, -0.05) is 37.3 Å². The summed E-state index contributed by atoms with van der Waals surface area (Å²) >= 11 is 0. The molecule has 2 heteroatoms. The van der Waals surface area contributed by atoms with Crippen LogP contribution in [0.15, 0.2) is 30.3 Å². The minimum absolute atomic E-state index is 0.244. The van der Waals surface area contributed by atoms with Gasteiger partial charge in [0.1, 0.15) is 0 Å². The van der Waals surface area contributed by atoms with Gasteiger partial charge in [0.15, 0.2) is 9.76 Å². The average Bonchev–Trinajstić information content (AvgIpc) is 2.19. The van der Waals surface area contributed by atoms with Crippen LogP contribution in [0.3, 0.4) is 0 Å². The van der Waals surface area contributed by atoms with Crippen molar-refractivity contribution < 1.29 is 4.43 Å². The van der Waals surface area contributed by atoms with E-state index in [1.807, 2.05) is 0 Å². The van der Waals surface area contributed by atoms with E-state index >= 15 is 0 Å². The molecular weight excluding hydrogens is 176 g/mol. The molecule has 0 unspecified atom stereocenters.